The summed E-state index contributed by atoms with van der Waals surface area (Å²) < 4.78 is 0. The first-order valence-corrected chi connectivity index (χ1v) is 4.50. The molecule has 0 bridgehead atoms. The molecular weight excluding hydrogens is 180 g/mol. The van der Waals surface area contributed by atoms with Crippen LogP contribution >= 0.6 is 0 Å². The molecule has 0 aromatic heterocycles. The SMILES string of the molecule is CC(=O)N1CC(O)Nc2ccccc21. The van der Waals surface area contributed by atoms with Crippen LogP contribution in [0.2, 0.25) is 0 Å². The largest absolute Gasteiger partial charge is 0.372 e. The number of para-hydroxylation sites is 2. The minimum atomic E-state index is -0.686. The van der Waals surface area contributed by atoms with E-state index in [2.05, 4.69) is 5.32 Å². The van der Waals surface area contributed by atoms with Gasteiger partial charge in [0.15, 0.2) is 0 Å². The predicted molar refractivity (Wildman–Crippen MR) is 54.1 cm³/mol. The van der Waals surface area contributed by atoms with Gasteiger partial charge in [-0.1, -0.05) is 12.1 Å². The van der Waals surface area contributed by atoms with Crippen molar-refractivity contribution < 1.29 is 9.90 Å². The molecular formula is C10H12N2O2. The Morgan fingerprint density at radius 2 is 2.29 bits per heavy atom. The molecule has 2 N–H and O–H groups in total. The van der Waals surface area contributed by atoms with Crippen molar-refractivity contribution >= 4 is 17.3 Å². The van der Waals surface area contributed by atoms with Crippen LogP contribution in [-0.4, -0.2) is 23.8 Å². The highest BCUT2D eigenvalue weighted by atomic mass is 16.3. The van der Waals surface area contributed by atoms with Gasteiger partial charge in [0.05, 0.1) is 17.9 Å². The smallest absolute Gasteiger partial charge is 0.224 e. The van der Waals surface area contributed by atoms with Gasteiger partial charge in [0, 0.05) is 6.92 Å². The number of hydrogen-bond acceptors (Lipinski definition) is 3. The van der Waals surface area contributed by atoms with Gasteiger partial charge in [0.1, 0.15) is 6.23 Å². The van der Waals surface area contributed by atoms with Crippen molar-refractivity contribution in [2.75, 3.05) is 16.8 Å². The molecule has 1 aliphatic heterocycles. The van der Waals surface area contributed by atoms with E-state index in [4.69, 9.17) is 0 Å². The van der Waals surface area contributed by atoms with Crippen LogP contribution in [0.5, 0.6) is 0 Å². The molecule has 1 aliphatic rings. The highest BCUT2D eigenvalue weighted by Gasteiger charge is 2.23. The Hall–Kier alpha value is -1.55. The van der Waals surface area contributed by atoms with Crippen LogP contribution in [-0.2, 0) is 4.79 Å². The Labute approximate surface area is 82.2 Å². The second-order valence-electron chi connectivity index (χ2n) is 3.31. The lowest BCUT2D eigenvalue weighted by molar-refractivity contribution is -0.116. The summed E-state index contributed by atoms with van der Waals surface area (Å²) in [5, 5.41) is 12.4. The van der Waals surface area contributed by atoms with E-state index in [0.717, 1.165) is 11.4 Å². The van der Waals surface area contributed by atoms with E-state index in [1.165, 1.54) is 6.92 Å². The van der Waals surface area contributed by atoms with Gasteiger partial charge >= 0.3 is 0 Å². The van der Waals surface area contributed by atoms with Crippen LogP contribution in [0.25, 0.3) is 0 Å². The van der Waals surface area contributed by atoms with Crippen molar-refractivity contribution in [1.29, 1.82) is 0 Å². The van der Waals surface area contributed by atoms with Gasteiger partial charge in [-0.05, 0) is 12.1 Å². The van der Waals surface area contributed by atoms with Gasteiger partial charge in [-0.15, -0.1) is 0 Å². The summed E-state index contributed by atoms with van der Waals surface area (Å²) in [6.45, 7) is 1.79. The van der Waals surface area contributed by atoms with Crippen molar-refractivity contribution in [3.05, 3.63) is 24.3 Å². The van der Waals surface area contributed by atoms with Crippen LogP contribution in [0, 0.1) is 0 Å². The zero-order valence-corrected chi connectivity index (χ0v) is 7.90. The van der Waals surface area contributed by atoms with Crippen LogP contribution < -0.4 is 10.2 Å². The number of nitrogens with one attached hydrogen (secondary N) is 1. The quantitative estimate of drug-likeness (QED) is 0.638. The number of anilines is 2. The lowest BCUT2D eigenvalue weighted by Gasteiger charge is -2.32. The van der Waals surface area contributed by atoms with Crippen molar-refractivity contribution in [1.82, 2.24) is 0 Å². The first-order valence-electron chi connectivity index (χ1n) is 4.50. The van der Waals surface area contributed by atoms with Crippen LogP contribution in [0.4, 0.5) is 11.4 Å². The average Bonchev–Trinajstić information content (AvgIpc) is 2.16. The number of carbonyl (C=O) groups is 1. The predicted octanol–water partition coefficient (Wildman–Crippen LogP) is 0.783. The third kappa shape index (κ3) is 1.44. The summed E-state index contributed by atoms with van der Waals surface area (Å²) in [6.07, 6.45) is -0.686. The van der Waals surface area contributed by atoms with E-state index in [0.29, 0.717) is 6.54 Å². The lowest BCUT2D eigenvalue weighted by atomic mass is 10.2. The fraction of sp³-hybridized carbons (Fsp3) is 0.300. The number of nitrogens with zero attached hydrogens (tertiary/aromatic N) is 1. The summed E-state index contributed by atoms with van der Waals surface area (Å²) in [4.78, 5) is 12.9. The summed E-state index contributed by atoms with van der Waals surface area (Å²) in [5.41, 5.74) is 1.62. The number of rotatable bonds is 0. The number of β-amino-alcohol motifs (C(OH)–C–C–N with tert-alkyl or cyclic N) is 1. The Morgan fingerprint density at radius 3 is 3.00 bits per heavy atom. The molecule has 1 atom stereocenters. The highest BCUT2D eigenvalue weighted by Crippen LogP contribution is 2.29. The summed E-state index contributed by atoms with van der Waals surface area (Å²) in [7, 11) is 0. The van der Waals surface area contributed by atoms with Crippen LogP contribution in [0.1, 0.15) is 6.92 Å². The van der Waals surface area contributed by atoms with Gasteiger partial charge in [-0.3, -0.25) is 4.79 Å². The molecule has 0 aliphatic carbocycles. The number of carbonyl (C=O) groups excluding carboxylic acids is 1. The Bertz CT molecular complexity index is 365. The van der Waals surface area contributed by atoms with Gasteiger partial charge in [0.25, 0.3) is 0 Å². The fourth-order valence-electron chi connectivity index (χ4n) is 1.63. The van der Waals surface area contributed by atoms with E-state index < -0.39 is 6.23 Å². The minimum Gasteiger partial charge on any atom is -0.372 e. The van der Waals surface area contributed by atoms with Crippen molar-refractivity contribution in [2.24, 2.45) is 0 Å². The van der Waals surface area contributed by atoms with Gasteiger partial charge in [0.2, 0.25) is 5.91 Å². The van der Waals surface area contributed by atoms with Crippen molar-refractivity contribution in [3.8, 4) is 0 Å². The topological polar surface area (TPSA) is 52.6 Å². The molecule has 1 aromatic carbocycles. The standard InChI is InChI=1S/C10H12N2O2/c1-7(13)12-6-10(14)11-8-4-2-3-5-9(8)12/h2-5,10-11,14H,6H2,1H3. The molecule has 4 heteroatoms. The number of aliphatic hydroxyl groups excluding tert-OH is 1. The molecule has 0 fully saturated rings. The molecule has 1 amide bonds. The third-order valence-electron chi connectivity index (χ3n) is 2.25. The molecule has 1 unspecified atom stereocenters. The van der Waals surface area contributed by atoms with Crippen LogP contribution in [0.15, 0.2) is 24.3 Å². The second-order valence-corrected chi connectivity index (χ2v) is 3.31. The molecule has 4 nitrogen and oxygen atoms in total. The zero-order chi connectivity index (χ0) is 10.1. The molecule has 1 aromatic rings. The van der Waals surface area contributed by atoms with E-state index in [1.807, 2.05) is 24.3 Å². The molecule has 0 saturated carbocycles. The van der Waals surface area contributed by atoms with Gasteiger partial charge < -0.3 is 15.3 Å². The highest BCUT2D eigenvalue weighted by molar-refractivity contribution is 5.96. The van der Waals surface area contributed by atoms with E-state index in [1.54, 1.807) is 4.90 Å². The maximum atomic E-state index is 11.3. The third-order valence-corrected chi connectivity index (χ3v) is 2.25. The van der Waals surface area contributed by atoms with Crippen molar-refractivity contribution in [2.45, 2.75) is 13.2 Å². The van der Waals surface area contributed by atoms with E-state index in [9.17, 15) is 9.90 Å². The summed E-state index contributed by atoms with van der Waals surface area (Å²) in [6, 6.07) is 7.43. The summed E-state index contributed by atoms with van der Waals surface area (Å²) >= 11 is 0. The summed E-state index contributed by atoms with van der Waals surface area (Å²) in [5.74, 6) is -0.0574. The average molecular weight is 192 g/mol. The van der Waals surface area contributed by atoms with Crippen LogP contribution in [0.3, 0.4) is 0 Å². The number of aliphatic hydroxyl groups is 1. The Balaban J connectivity index is 2.43. The molecule has 74 valence electrons. The number of amides is 1. The molecule has 2 rings (SSSR count). The minimum absolute atomic E-state index is 0.0574. The zero-order valence-electron chi connectivity index (χ0n) is 7.90. The Morgan fingerprint density at radius 1 is 1.57 bits per heavy atom. The first-order chi connectivity index (χ1) is 6.68. The monoisotopic (exact) mass is 192 g/mol. The molecule has 0 radical (unpaired) electrons. The van der Waals surface area contributed by atoms with E-state index >= 15 is 0 Å². The van der Waals surface area contributed by atoms with Gasteiger partial charge in [-0.2, -0.15) is 0 Å². The molecule has 14 heavy (non-hydrogen) atoms. The fourth-order valence-corrected chi connectivity index (χ4v) is 1.63. The Kier molecular flexibility index (Phi) is 2.13. The number of hydrogen-bond donors (Lipinski definition) is 2. The van der Waals surface area contributed by atoms with Gasteiger partial charge in [-0.25, -0.2) is 0 Å². The maximum Gasteiger partial charge on any atom is 0.224 e. The maximum absolute atomic E-state index is 11.3. The molecule has 1 heterocycles. The second kappa shape index (κ2) is 3.31. The number of fused-ring (bicyclic) bond motifs is 1. The van der Waals surface area contributed by atoms with E-state index in [-0.39, 0.29) is 5.91 Å². The number of benzene rings is 1. The molecule has 0 saturated heterocycles. The lowest BCUT2D eigenvalue weighted by Crippen LogP contribution is -2.43. The normalized spacial score (nSPS) is 19.9. The van der Waals surface area contributed by atoms with Crippen molar-refractivity contribution in [3.63, 3.8) is 0 Å². The first kappa shape index (κ1) is 9.02. The molecule has 0 spiro atoms.